The van der Waals surface area contributed by atoms with Crippen molar-refractivity contribution in [1.29, 1.82) is 0 Å². The lowest BCUT2D eigenvalue weighted by atomic mass is 10.2. The minimum atomic E-state index is -4.25. The summed E-state index contributed by atoms with van der Waals surface area (Å²) in [6, 6.07) is 12.3. The molecule has 6 nitrogen and oxygen atoms in total. The van der Waals surface area contributed by atoms with Gasteiger partial charge in [0.05, 0.1) is 10.1 Å². The molecule has 3 rings (SSSR count). The van der Waals surface area contributed by atoms with Gasteiger partial charge in [0.15, 0.2) is 0 Å². The highest BCUT2D eigenvalue weighted by atomic mass is 32.2. The lowest BCUT2D eigenvalue weighted by Crippen LogP contribution is -2.19. The van der Waals surface area contributed by atoms with Crippen molar-refractivity contribution in [3.05, 3.63) is 60.4 Å². The van der Waals surface area contributed by atoms with Gasteiger partial charge >= 0.3 is 0 Å². The van der Waals surface area contributed by atoms with E-state index in [9.17, 15) is 21.2 Å². The molecule has 0 fully saturated rings. The van der Waals surface area contributed by atoms with Gasteiger partial charge in [-0.15, -0.1) is 0 Å². The Morgan fingerprint density at radius 1 is 1.00 bits per heavy atom. The number of sulfone groups is 2. The molecule has 0 N–H and O–H groups in total. The van der Waals surface area contributed by atoms with Crippen molar-refractivity contribution >= 4 is 19.7 Å². The zero-order valence-electron chi connectivity index (χ0n) is 15.2. The van der Waals surface area contributed by atoms with E-state index >= 15 is 0 Å². The Labute approximate surface area is 162 Å². The third-order valence-corrected chi connectivity index (χ3v) is 8.32. The van der Waals surface area contributed by atoms with E-state index in [2.05, 4.69) is 4.98 Å². The summed E-state index contributed by atoms with van der Waals surface area (Å²) < 4.78 is 70.6. The van der Waals surface area contributed by atoms with Crippen molar-refractivity contribution in [2.24, 2.45) is 0 Å². The quantitative estimate of drug-likeness (QED) is 0.597. The number of oxazole rings is 1. The summed E-state index contributed by atoms with van der Waals surface area (Å²) in [7, 11) is -8.34. The van der Waals surface area contributed by atoms with Gasteiger partial charge in [0.1, 0.15) is 5.82 Å². The van der Waals surface area contributed by atoms with Gasteiger partial charge < -0.3 is 4.42 Å². The summed E-state index contributed by atoms with van der Waals surface area (Å²) in [5, 5.41) is -2.24. The van der Waals surface area contributed by atoms with Gasteiger partial charge in [0.2, 0.25) is 30.6 Å². The smallest absolute Gasteiger partial charge is 0.258 e. The molecule has 0 unspecified atom stereocenters. The van der Waals surface area contributed by atoms with Crippen LogP contribution < -0.4 is 0 Å². The van der Waals surface area contributed by atoms with Crippen LogP contribution in [0, 0.1) is 5.82 Å². The maximum absolute atomic E-state index is 13.2. The van der Waals surface area contributed by atoms with E-state index in [0.29, 0.717) is 0 Å². The third-order valence-electron chi connectivity index (χ3n) is 4.33. The SMILES string of the molecule is CC[C@@H](C)S(=O)(=O)c1oc(-c2ccc(F)cc2)nc1S(=O)(=O)c1ccccc1. The summed E-state index contributed by atoms with van der Waals surface area (Å²) >= 11 is 0. The molecule has 0 aliphatic carbocycles. The van der Waals surface area contributed by atoms with E-state index in [1.54, 1.807) is 13.0 Å². The van der Waals surface area contributed by atoms with Gasteiger partial charge in [-0.25, -0.2) is 21.2 Å². The van der Waals surface area contributed by atoms with Crippen molar-refractivity contribution in [1.82, 2.24) is 4.98 Å². The molecule has 148 valence electrons. The minimum absolute atomic E-state index is 0.102. The molecule has 0 aliphatic rings. The number of halogens is 1. The number of benzene rings is 2. The predicted molar refractivity (Wildman–Crippen MR) is 101 cm³/mol. The van der Waals surface area contributed by atoms with E-state index in [0.717, 1.165) is 12.1 Å². The molecule has 1 heterocycles. The highest BCUT2D eigenvalue weighted by Crippen LogP contribution is 2.34. The average molecular weight is 423 g/mol. The van der Waals surface area contributed by atoms with Crippen LogP contribution in [0.1, 0.15) is 20.3 Å². The van der Waals surface area contributed by atoms with Gasteiger partial charge in [0, 0.05) is 5.56 Å². The number of aromatic nitrogens is 1. The van der Waals surface area contributed by atoms with Crippen molar-refractivity contribution in [2.45, 2.75) is 40.5 Å². The molecule has 0 bridgehead atoms. The third kappa shape index (κ3) is 3.59. The van der Waals surface area contributed by atoms with Crippen LogP contribution in [0.5, 0.6) is 0 Å². The van der Waals surface area contributed by atoms with Crippen molar-refractivity contribution < 1.29 is 25.6 Å². The summed E-state index contributed by atoms with van der Waals surface area (Å²) in [5.41, 5.74) is 0.261. The van der Waals surface area contributed by atoms with Crippen molar-refractivity contribution in [2.75, 3.05) is 0 Å². The largest absolute Gasteiger partial charge is 0.423 e. The van der Waals surface area contributed by atoms with Crippen LogP contribution in [-0.4, -0.2) is 27.1 Å². The van der Waals surface area contributed by atoms with Gasteiger partial charge in [-0.2, -0.15) is 4.98 Å². The fraction of sp³-hybridized carbons (Fsp3) is 0.211. The molecule has 0 amide bonds. The topological polar surface area (TPSA) is 94.3 Å². The van der Waals surface area contributed by atoms with Gasteiger partial charge in [-0.1, -0.05) is 25.1 Å². The maximum atomic E-state index is 13.2. The highest BCUT2D eigenvalue weighted by molar-refractivity contribution is 7.94. The van der Waals surface area contributed by atoms with Crippen LogP contribution in [0.4, 0.5) is 4.39 Å². The Morgan fingerprint density at radius 3 is 2.18 bits per heavy atom. The van der Waals surface area contributed by atoms with Gasteiger partial charge in [0.25, 0.3) is 5.09 Å². The molecule has 28 heavy (non-hydrogen) atoms. The molecule has 0 saturated heterocycles. The zero-order valence-corrected chi connectivity index (χ0v) is 16.8. The average Bonchev–Trinajstić information content (AvgIpc) is 3.15. The van der Waals surface area contributed by atoms with Gasteiger partial charge in [-0.05, 0) is 49.7 Å². The first kappa shape index (κ1) is 20.2. The first-order chi connectivity index (χ1) is 13.2. The molecule has 0 saturated carbocycles. The molecular formula is C19H18FNO5S2. The Hall–Kier alpha value is -2.52. The second-order valence-corrected chi connectivity index (χ2v) is 10.3. The number of hydrogen-bond acceptors (Lipinski definition) is 6. The van der Waals surface area contributed by atoms with E-state index in [-0.39, 0.29) is 22.8 Å². The normalized spacial score (nSPS) is 13.4. The summed E-state index contributed by atoms with van der Waals surface area (Å²) in [5.74, 6) is -0.712. The fourth-order valence-corrected chi connectivity index (χ4v) is 5.64. The van der Waals surface area contributed by atoms with E-state index < -0.39 is 40.9 Å². The second-order valence-electron chi connectivity index (χ2n) is 6.20. The first-order valence-corrected chi connectivity index (χ1v) is 11.5. The standard InChI is InChI=1S/C19H18FNO5S2/c1-3-13(2)27(22,23)19-18(28(24,25)16-7-5-4-6-8-16)21-17(26-19)14-9-11-15(20)12-10-14/h4-13H,3H2,1-2H3/t13-/m1/s1. The Balaban J connectivity index is 2.27. The van der Waals surface area contributed by atoms with Crippen molar-refractivity contribution in [3.63, 3.8) is 0 Å². The predicted octanol–water partition coefficient (Wildman–Crippen LogP) is 3.89. The second kappa shape index (κ2) is 7.48. The fourth-order valence-electron chi connectivity index (χ4n) is 2.47. The number of rotatable bonds is 6. The van der Waals surface area contributed by atoms with Crippen molar-refractivity contribution in [3.8, 4) is 11.5 Å². The van der Waals surface area contributed by atoms with Crippen LogP contribution in [0.15, 0.2) is 74.0 Å². The summed E-state index contributed by atoms with van der Waals surface area (Å²) in [6.07, 6.45) is 0.264. The Morgan fingerprint density at radius 2 is 1.61 bits per heavy atom. The molecule has 0 spiro atoms. The highest BCUT2D eigenvalue weighted by Gasteiger charge is 2.37. The van der Waals surface area contributed by atoms with Gasteiger partial charge in [-0.3, -0.25) is 0 Å². The molecule has 3 aromatic rings. The van der Waals surface area contributed by atoms with Crippen LogP contribution in [0.3, 0.4) is 0 Å². The lowest BCUT2D eigenvalue weighted by Gasteiger charge is -2.09. The van der Waals surface area contributed by atoms with E-state index in [4.69, 9.17) is 4.42 Å². The van der Waals surface area contributed by atoms with Crippen LogP contribution >= 0.6 is 0 Å². The Kier molecular flexibility index (Phi) is 5.40. The molecule has 9 heteroatoms. The maximum Gasteiger partial charge on any atom is 0.258 e. The first-order valence-electron chi connectivity index (χ1n) is 8.48. The molecule has 0 radical (unpaired) electrons. The van der Waals surface area contributed by atoms with Crippen LogP contribution in [0.2, 0.25) is 0 Å². The molecular weight excluding hydrogens is 405 g/mol. The van der Waals surface area contributed by atoms with E-state index in [1.807, 2.05) is 0 Å². The van der Waals surface area contributed by atoms with Crippen LogP contribution in [-0.2, 0) is 19.7 Å². The lowest BCUT2D eigenvalue weighted by molar-refractivity contribution is 0.441. The van der Waals surface area contributed by atoms with Crippen LogP contribution in [0.25, 0.3) is 11.5 Å². The molecule has 1 atom stereocenters. The summed E-state index contributed by atoms with van der Waals surface area (Å²) in [4.78, 5) is 3.88. The Bertz CT molecular complexity index is 1180. The zero-order chi connectivity index (χ0) is 20.5. The monoisotopic (exact) mass is 423 g/mol. The number of hydrogen-bond donors (Lipinski definition) is 0. The van der Waals surface area contributed by atoms with E-state index in [1.165, 1.54) is 43.3 Å². The molecule has 0 aliphatic heterocycles. The minimum Gasteiger partial charge on any atom is -0.423 e. The summed E-state index contributed by atoms with van der Waals surface area (Å²) in [6.45, 7) is 3.14. The molecule has 2 aromatic carbocycles. The number of nitrogens with zero attached hydrogens (tertiary/aromatic N) is 1. The molecule has 1 aromatic heterocycles.